The van der Waals surface area contributed by atoms with Gasteiger partial charge in [-0.15, -0.1) is 0 Å². The topological polar surface area (TPSA) is 68.8 Å². The van der Waals surface area contributed by atoms with Gasteiger partial charge in [0.25, 0.3) is 0 Å². The molecule has 0 radical (unpaired) electrons. The predicted molar refractivity (Wildman–Crippen MR) is 88.4 cm³/mol. The summed E-state index contributed by atoms with van der Waals surface area (Å²) in [4.78, 5) is 23.2. The summed E-state index contributed by atoms with van der Waals surface area (Å²) in [6, 6.07) is 0. The summed E-state index contributed by atoms with van der Waals surface area (Å²) in [5.74, 6) is 1.78. The van der Waals surface area contributed by atoms with E-state index in [1.54, 1.807) is 11.0 Å². The van der Waals surface area contributed by atoms with Crippen molar-refractivity contribution in [3.8, 4) is 0 Å². The normalized spacial score (nSPS) is 20.8. The van der Waals surface area contributed by atoms with Crippen molar-refractivity contribution in [3.05, 3.63) is 30.4 Å². The summed E-state index contributed by atoms with van der Waals surface area (Å²) in [6.07, 6.45) is 11.5. The first-order chi connectivity index (χ1) is 11.8. The Balaban J connectivity index is 1.40. The largest absolute Gasteiger partial charge is 0.342 e. The van der Waals surface area contributed by atoms with E-state index in [1.807, 2.05) is 11.1 Å². The zero-order valence-electron chi connectivity index (χ0n) is 14.0. The first-order valence-electron chi connectivity index (χ1n) is 8.96. The number of rotatable bonds is 4. The first-order valence-corrected chi connectivity index (χ1v) is 8.96. The van der Waals surface area contributed by atoms with Crippen LogP contribution in [0.4, 0.5) is 0 Å². The molecule has 0 spiro atoms. The highest BCUT2D eigenvalue weighted by Gasteiger charge is 2.28. The standard InChI is InChI=1S/C17H24N6O/c24-16(6-9-22-13-18-12-20-22)21-7-3-4-14(11-21)17-19-10-15-5-1-2-8-23(15)17/h10,12-14H,1-9,11H2. The molecule has 2 aliphatic rings. The Kier molecular flexibility index (Phi) is 4.32. The van der Waals surface area contributed by atoms with E-state index in [0.717, 1.165) is 38.9 Å². The van der Waals surface area contributed by atoms with E-state index in [4.69, 9.17) is 4.98 Å². The highest BCUT2D eigenvalue weighted by Crippen LogP contribution is 2.29. The Bertz CT molecular complexity index is 692. The fourth-order valence-corrected chi connectivity index (χ4v) is 3.92. The van der Waals surface area contributed by atoms with Crippen LogP contribution in [0.25, 0.3) is 0 Å². The molecule has 4 rings (SSSR count). The van der Waals surface area contributed by atoms with E-state index in [1.165, 1.54) is 30.7 Å². The van der Waals surface area contributed by atoms with Crippen LogP contribution < -0.4 is 0 Å². The van der Waals surface area contributed by atoms with Gasteiger partial charge < -0.3 is 9.47 Å². The second-order valence-corrected chi connectivity index (χ2v) is 6.80. The average Bonchev–Trinajstić information content (AvgIpc) is 3.29. The number of aryl methyl sites for hydroxylation is 2. The van der Waals surface area contributed by atoms with Gasteiger partial charge in [-0.1, -0.05) is 0 Å². The van der Waals surface area contributed by atoms with Gasteiger partial charge in [-0.2, -0.15) is 5.10 Å². The maximum absolute atomic E-state index is 12.5. The van der Waals surface area contributed by atoms with Gasteiger partial charge in [0.1, 0.15) is 18.5 Å². The van der Waals surface area contributed by atoms with Crippen LogP contribution in [0.5, 0.6) is 0 Å². The van der Waals surface area contributed by atoms with Gasteiger partial charge in [-0.3, -0.25) is 9.48 Å². The Morgan fingerprint density at radius 3 is 3.08 bits per heavy atom. The minimum atomic E-state index is 0.209. The van der Waals surface area contributed by atoms with Crippen molar-refractivity contribution in [1.82, 2.24) is 29.2 Å². The molecule has 2 aliphatic heterocycles. The number of likely N-dealkylation sites (tertiary alicyclic amines) is 1. The molecule has 24 heavy (non-hydrogen) atoms. The molecule has 1 unspecified atom stereocenters. The molecular formula is C17H24N6O. The highest BCUT2D eigenvalue weighted by molar-refractivity contribution is 5.76. The van der Waals surface area contributed by atoms with Crippen molar-refractivity contribution in [3.63, 3.8) is 0 Å². The van der Waals surface area contributed by atoms with E-state index in [9.17, 15) is 4.79 Å². The van der Waals surface area contributed by atoms with E-state index in [2.05, 4.69) is 14.6 Å². The minimum Gasteiger partial charge on any atom is -0.342 e. The first kappa shape index (κ1) is 15.4. The summed E-state index contributed by atoms with van der Waals surface area (Å²) in [6.45, 7) is 3.34. The summed E-state index contributed by atoms with van der Waals surface area (Å²) in [5.41, 5.74) is 1.37. The third-order valence-corrected chi connectivity index (χ3v) is 5.19. The van der Waals surface area contributed by atoms with Gasteiger partial charge in [0.05, 0.1) is 6.54 Å². The summed E-state index contributed by atoms with van der Waals surface area (Å²) < 4.78 is 4.11. The van der Waals surface area contributed by atoms with Crippen molar-refractivity contribution in [2.75, 3.05) is 13.1 Å². The van der Waals surface area contributed by atoms with Crippen molar-refractivity contribution >= 4 is 5.91 Å². The van der Waals surface area contributed by atoms with E-state index in [-0.39, 0.29) is 5.91 Å². The van der Waals surface area contributed by atoms with Crippen LogP contribution in [-0.2, 0) is 24.3 Å². The molecule has 1 atom stereocenters. The number of piperidine rings is 1. The lowest BCUT2D eigenvalue weighted by atomic mass is 9.96. The SMILES string of the molecule is O=C(CCn1cncn1)N1CCCC(c2ncc3n2CCCC3)C1. The van der Waals surface area contributed by atoms with Crippen LogP contribution in [0, 0.1) is 0 Å². The monoisotopic (exact) mass is 328 g/mol. The molecular weight excluding hydrogens is 304 g/mol. The predicted octanol–water partition coefficient (Wildman–Crippen LogP) is 1.61. The average molecular weight is 328 g/mol. The molecule has 7 nitrogen and oxygen atoms in total. The second-order valence-electron chi connectivity index (χ2n) is 6.80. The molecule has 1 fully saturated rings. The minimum absolute atomic E-state index is 0.209. The second kappa shape index (κ2) is 6.75. The molecule has 4 heterocycles. The summed E-state index contributed by atoms with van der Waals surface area (Å²) >= 11 is 0. The molecule has 0 N–H and O–H groups in total. The van der Waals surface area contributed by atoms with Gasteiger partial charge in [0.15, 0.2) is 0 Å². The molecule has 0 saturated carbocycles. The molecule has 1 saturated heterocycles. The van der Waals surface area contributed by atoms with Gasteiger partial charge >= 0.3 is 0 Å². The van der Waals surface area contributed by atoms with Crippen molar-refractivity contribution in [2.24, 2.45) is 0 Å². The van der Waals surface area contributed by atoms with Crippen LogP contribution >= 0.6 is 0 Å². The van der Waals surface area contributed by atoms with Crippen LogP contribution in [0.3, 0.4) is 0 Å². The molecule has 0 aliphatic carbocycles. The Hall–Kier alpha value is -2.18. The van der Waals surface area contributed by atoms with E-state index < -0.39 is 0 Å². The Morgan fingerprint density at radius 1 is 1.25 bits per heavy atom. The lowest BCUT2D eigenvalue weighted by Crippen LogP contribution is -2.40. The number of hydrogen-bond donors (Lipinski definition) is 0. The van der Waals surface area contributed by atoms with Crippen LogP contribution in [0.2, 0.25) is 0 Å². The lowest BCUT2D eigenvalue weighted by molar-refractivity contribution is -0.132. The number of aromatic nitrogens is 5. The molecule has 2 aromatic rings. The number of fused-ring (bicyclic) bond motifs is 1. The summed E-state index contributed by atoms with van der Waals surface area (Å²) in [7, 11) is 0. The molecule has 128 valence electrons. The van der Waals surface area contributed by atoms with E-state index >= 15 is 0 Å². The van der Waals surface area contributed by atoms with Crippen LogP contribution in [-0.4, -0.2) is 48.2 Å². The number of amides is 1. The Labute approximate surface area is 141 Å². The molecule has 2 aromatic heterocycles. The quantitative estimate of drug-likeness (QED) is 0.855. The van der Waals surface area contributed by atoms with Gasteiger partial charge in [-0.25, -0.2) is 9.97 Å². The fraction of sp³-hybridized carbons (Fsp3) is 0.647. The molecule has 0 bridgehead atoms. The fourth-order valence-electron chi connectivity index (χ4n) is 3.92. The summed E-state index contributed by atoms with van der Waals surface area (Å²) in [5, 5.41) is 4.06. The molecule has 7 heteroatoms. The Morgan fingerprint density at radius 2 is 2.21 bits per heavy atom. The number of hydrogen-bond acceptors (Lipinski definition) is 4. The van der Waals surface area contributed by atoms with Gasteiger partial charge in [-0.05, 0) is 32.1 Å². The van der Waals surface area contributed by atoms with Crippen LogP contribution in [0.15, 0.2) is 18.9 Å². The maximum Gasteiger partial charge on any atom is 0.224 e. The third kappa shape index (κ3) is 3.07. The highest BCUT2D eigenvalue weighted by atomic mass is 16.2. The number of carbonyl (C=O) groups is 1. The zero-order chi connectivity index (χ0) is 16.4. The van der Waals surface area contributed by atoms with Crippen molar-refractivity contribution in [2.45, 2.75) is 57.5 Å². The van der Waals surface area contributed by atoms with Gasteiger partial charge in [0.2, 0.25) is 5.91 Å². The van der Waals surface area contributed by atoms with Crippen LogP contribution in [0.1, 0.15) is 49.5 Å². The zero-order valence-corrected chi connectivity index (χ0v) is 14.0. The molecule has 0 aromatic carbocycles. The molecule has 1 amide bonds. The lowest BCUT2D eigenvalue weighted by Gasteiger charge is -2.33. The van der Waals surface area contributed by atoms with Crippen molar-refractivity contribution in [1.29, 1.82) is 0 Å². The number of nitrogens with zero attached hydrogens (tertiary/aromatic N) is 6. The van der Waals surface area contributed by atoms with E-state index in [0.29, 0.717) is 18.9 Å². The number of imidazole rings is 1. The number of carbonyl (C=O) groups excluding carboxylic acids is 1. The van der Waals surface area contributed by atoms with Gasteiger partial charge in [0, 0.05) is 43.9 Å². The van der Waals surface area contributed by atoms with Crippen molar-refractivity contribution < 1.29 is 4.79 Å². The maximum atomic E-state index is 12.5. The smallest absolute Gasteiger partial charge is 0.224 e. The third-order valence-electron chi connectivity index (χ3n) is 5.19.